The Bertz CT molecular complexity index is 703. The fourth-order valence-electron chi connectivity index (χ4n) is 1.90. The summed E-state index contributed by atoms with van der Waals surface area (Å²) in [5.41, 5.74) is 7.50. The van der Waals surface area contributed by atoms with Crippen LogP contribution in [0.5, 0.6) is 0 Å². The van der Waals surface area contributed by atoms with Gasteiger partial charge in [-0.3, -0.25) is 9.59 Å². The molecule has 0 bridgehead atoms. The topological polar surface area (TPSA) is 72.2 Å². The molecule has 4 nitrogen and oxygen atoms in total. The second-order valence-corrected chi connectivity index (χ2v) is 5.81. The molecule has 2 amide bonds. The van der Waals surface area contributed by atoms with Crippen LogP contribution in [0.25, 0.3) is 6.08 Å². The highest BCUT2D eigenvalue weighted by molar-refractivity contribution is 7.16. The van der Waals surface area contributed by atoms with E-state index in [2.05, 4.69) is 5.32 Å². The SMILES string of the molecule is Cc1sc(NC(=O)/C=C/c2ccccc2)c(C(N)=O)c1C. The van der Waals surface area contributed by atoms with Gasteiger partial charge in [0.15, 0.2) is 0 Å². The van der Waals surface area contributed by atoms with E-state index in [1.165, 1.54) is 17.4 Å². The first-order valence-electron chi connectivity index (χ1n) is 6.43. The summed E-state index contributed by atoms with van der Waals surface area (Å²) in [4.78, 5) is 24.4. The third kappa shape index (κ3) is 3.58. The number of amides is 2. The smallest absolute Gasteiger partial charge is 0.251 e. The summed E-state index contributed by atoms with van der Waals surface area (Å²) < 4.78 is 0. The molecule has 0 radical (unpaired) electrons. The van der Waals surface area contributed by atoms with Crippen LogP contribution in [0.1, 0.15) is 26.4 Å². The van der Waals surface area contributed by atoms with E-state index in [9.17, 15) is 9.59 Å². The van der Waals surface area contributed by atoms with Crippen LogP contribution in [0.15, 0.2) is 36.4 Å². The Morgan fingerprint density at radius 3 is 2.48 bits per heavy atom. The number of aryl methyl sites for hydroxylation is 1. The van der Waals surface area contributed by atoms with Gasteiger partial charge in [-0.1, -0.05) is 30.3 Å². The molecule has 3 N–H and O–H groups in total. The molecule has 0 spiro atoms. The van der Waals surface area contributed by atoms with Crippen molar-refractivity contribution in [2.75, 3.05) is 5.32 Å². The van der Waals surface area contributed by atoms with Crippen molar-refractivity contribution in [2.24, 2.45) is 5.73 Å². The van der Waals surface area contributed by atoms with Gasteiger partial charge in [-0.25, -0.2) is 0 Å². The fraction of sp³-hybridized carbons (Fsp3) is 0.125. The van der Waals surface area contributed by atoms with Gasteiger partial charge < -0.3 is 11.1 Å². The minimum atomic E-state index is -0.529. The normalized spacial score (nSPS) is 10.8. The minimum Gasteiger partial charge on any atom is -0.365 e. The number of thiophene rings is 1. The molecule has 0 fully saturated rings. The zero-order valence-corrected chi connectivity index (χ0v) is 12.7. The number of nitrogens with two attached hydrogens (primary N) is 1. The lowest BCUT2D eigenvalue weighted by Gasteiger charge is -2.02. The van der Waals surface area contributed by atoms with Crippen LogP contribution < -0.4 is 11.1 Å². The second-order valence-electron chi connectivity index (χ2n) is 4.58. The molecule has 0 aliphatic rings. The first kappa shape index (κ1) is 15.0. The van der Waals surface area contributed by atoms with Gasteiger partial charge in [0.05, 0.1) is 5.56 Å². The third-order valence-corrected chi connectivity index (χ3v) is 4.22. The molecule has 0 saturated carbocycles. The Kier molecular flexibility index (Phi) is 4.55. The van der Waals surface area contributed by atoms with Crippen molar-refractivity contribution in [2.45, 2.75) is 13.8 Å². The highest BCUT2D eigenvalue weighted by Gasteiger charge is 2.18. The quantitative estimate of drug-likeness (QED) is 0.852. The molecule has 1 aromatic carbocycles. The standard InChI is InChI=1S/C16H16N2O2S/c1-10-11(2)21-16(14(10)15(17)20)18-13(19)9-8-12-6-4-3-5-7-12/h3-9H,1-2H3,(H2,17,20)(H,18,19)/b9-8+. The average Bonchev–Trinajstić information content (AvgIpc) is 2.72. The summed E-state index contributed by atoms with van der Waals surface area (Å²) in [7, 11) is 0. The highest BCUT2D eigenvalue weighted by atomic mass is 32.1. The van der Waals surface area contributed by atoms with E-state index in [0.717, 1.165) is 16.0 Å². The van der Waals surface area contributed by atoms with Gasteiger partial charge in [0.25, 0.3) is 5.91 Å². The van der Waals surface area contributed by atoms with E-state index in [4.69, 9.17) is 5.73 Å². The van der Waals surface area contributed by atoms with Crippen molar-refractivity contribution in [3.05, 3.63) is 58.0 Å². The Balaban J connectivity index is 2.15. The van der Waals surface area contributed by atoms with Crippen molar-refractivity contribution in [3.8, 4) is 0 Å². The molecular weight excluding hydrogens is 284 g/mol. The molecule has 2 aromatic rings. The van der Waals surface area contributed by atoms with Crippen LogP contribution in [0.4, 0.5) is 5.00 Å². The predicted octanol–water partition coefficient (Wildman–Crippen LogP) is 3.12. The maximum absolute atomic E-state index is 11.9. The van der Waals surface area contributed by atoms with Crippen LogP contribution in [0.2, 0.25) is 0 Å². The maximum Gasteiger partial charge on any atom is 0.251 e. The summed E-state index contributed by atoms with van der Waals surface area (Å²) in [5.74, 6) is -0.818. The van der Waals surface area contributed by atoms with Crippen molar-refractivity contribution in [3.63, 3.8) is 0 Å². The molecule has 21 heavy (non-hydrogen) atoms. The van der Waals surface area contributed by atoms with E-state index in [0.29, 0.717) is 10.6 Å². The third-order valence-electron chi connectivity index (χ3n) is 3.10. The minimum absolute atomic E-state index is 0.289. The molecule has 1 aromatic heterocycles. The monoisotopic (exact) mass is 300 g/mol. The number of benzene rings is 1. The van der Waals surface area contributed by atoms with Crippen molar-refractivity contribution in [1.82, 2.24) is 0 Å². The Hall–Kier alpha value is -2.40. The molecule has 1 heterocycles. The van der Waals surface area contributed by atoms with E-state index in [1.54, 1.807) is 6.08 Å². The number of nitrogens with one attached hydrogen (secondary N) is 1. The number of hydrogen-bond acceptors (Lipinski definition) is 3. The van der Waals surface area contributed by atoms with Crippen LogP contribution in [-0.2, 0) is 4.79 Å². The zero-order chi connectivity index (χ0) is 15.4. The Morgan fingerprint density at radius 1 is 1.19 bits per heavy atom. The first-order chi connectivity index (χ1) is 9.99. The van der Waals surface area contributed by atoms with E-state index >= 15 is 0 Å². The van der Waals surface area contributed by atoms with Crippen molar-refractivity contribution < 1.29 is 9.59 Å². The van der Waals surface area contributed by atoms with Gasteiger partial charge in [0.1, 0.15) is 5.00 Å². The average molecular weight is 300 g/mol. The first-order valence-corrected chi connectivity index (χ1v) is 7.24. The second kappa shape index (κ2) is 6.37. The molecule has 2 rings (SSSR count). The zero-order valence-electron chi connectivity index (χ0n) is 11.8. The molecule has 0 saturated heterocycles. The molecular formula is C16H16N2O2S. The number of anilines is 1. The lowest BCUT2D eigenvalue weighted by molar-refractivity contribution is -0.111. The van der Waals surface area contributed by atoms with Gasteiger partial charge in [0, 0.05) is 11.0 Å². The molecule has 108 valence electrons. The molecule has 0 aliphatic carbocycles. The molecule has 5 heteroatoms. The van der Waals surface area contributed by atoms with E-state index in [-0.39, 0.29) is 5.91 Å². The molecule has 0 aliphatic heterocycles. The molecule has 0 atom stereocenters. The van der Waals surface area contributed by atoms with Crippen LogP contribution >= 0.6 is 11.3 Å². The lowest BCUT2D eigenvalue weighted by atomic mass is 10.1. The lowest BCUT2D eigenvalue weighted by Crippen LogP contribution is -2.16. The maximum atomic E-state index is 11.9. The number of rotatable bonds is 4. The van der Waals surface area contributed by atoms with Gasteiger partial charge in [-0.15, -0.1) is 11.3 Å². The number of carbonyl (C=O) groups is 2. The van der Waals surface area contributed by atoms with Crippen molar-refractivity contribution >= 4 is 34.2 Å². The van der Waals surface area contributed by atoms with Crippen LogP contribution in [0.3, 0.4) is 0 Å². The summed E-state index contributed by atoms with van der Waals surface area (Å²) in [6.07, 6.45) is 3.15. The van der Waals surface area contributed by atoms with Gasteiger partial charge in [-0.2, -0.15) is 0 Å². The molecule has 0 unspecified atom stereocenters. The van der Waals surface area contributed by atoms with Crippen LogP contribution in [-0.4, -0.2) is 11.8 Å². The number of hydrogen-bond donors (Lipinski definition) is 2. The summed E-state index contributed by atoms with van der Waals surface area (Å²) >= 11 is 1.35. The van der Waals surface area contributed by atoms with Gasteiger partial charge in [-0.05, 0) is 31.1 Å². The Labute approximate surface area is 127 Å². The van der Waals surface area contributed by atoms with Crippen molar-refractivity contribution in [1.29, 1.82) is 0 Å². The number of primary amides is 1. The fourth-order valence-corrected chi connectivity index (χ4v) is 2.97. The summed E-state index contributed by atoms with van der Waals surface area (Å²) in [6.45, 7) is 3.71. The predicted molar refractivity (Wildman–Crippen MR) is 86.4 cm³/mol. The van der Waals surface area contributed by atoms with E-state index < -0.39 is 5.91 Å². The highest BCUT2D eigenvalue weighted by Crippen LogP contribution is 2.31. The summed E-state index contributed by atoms with van der Waals surface area (Å²) in [5, 5.41) is 3.22. The van der Waals surface area contributed by atoms with Gasteiger partial charge in [0.2, 0.25) is 5.91 Å². The Morgan fingerprint density at radius 2 is 1.86 bits per heavy atom. The van der Waals surface area contributed by atoms with E-state index in [1.807, 2.05) is 44.2 Å². The summed E-state index contributed by atoms with van der Waals surface area (Å²) in [6, 6.07) is 9.51. The van der Waals surface area contributed by atoms with Crippen LogP contribution in [0, 0.1) is 13.8 Å². The largest absolute Gasteiger partial charge is 0.365 e. The number of carbonyl (C=O) groups excluding carboxylic acids is 2. The van der Waals surface area contributed by atoms with Gasteiger partial charge >= 0.3 is 0 Å².